The molecule has 0 radical (unpaired) electrons. The van der Waals surface area contributed by atoms with E-state index in [2.05, 4.69) is 19.2 Å². The maximum absolute atomic E-state index is 9.81. The second-order valence-corrected chi connectivity index (χ2v) is 2.32. The van der Waals surface area contributed by atoms with Crippen molar-refractivity contribution in [3.63, 3.8) is 0 Å². The first-order valence-electron chi connectivity index (χ1n) is 2.88. The molecule has 0 unspecified atom stereocenters. The van der Waals surface area contributed by atoms with E-state index in [1.807, 2.05) is 6.92 Å². The van der Waals surface area contributed by atoms with E-state index in [1.165, 1.54) is 0 Å². The van der Waals surface area contributed by atoms with E-state index in [9.17, 15) is 4.79 Å². The Balaban J connectivity index is 3.30. The van der Waals surface area contributed by atoms with Gasteiger partial charge in [0.2, 0.25) is 6.41 Å². The van der Waals surface area contributed by atoms with Crippen molar-refractivity contribution in [2.45, 2.75) is 26.8 Å². The van der Waals surface area contributed by atoms with Crippen molar-refractivity contribution in [1.82, 2.24) is 5.32 Å². The Hall–Kier alpha value is -0.530. The van der Waals surface area contributed by atoms with Crippen LogP contribution in [-0.2, 0) is 4.79 Å². The highest BCUT2D eigenvalue weighted by molar-refractivity contribution is 5.46. The van der Waals surface area contributed by atoms with Crippen LogP contribution < -0.4 is 5.32 Å². The Labute approximate surface area is 50.3 Å². The van der Waals surface area contributed by atoms with Crippen molar-refractivity contribution in [2.24, 2.45) is 5.92 Å². The summed E-state index contributed by atoms with van der Waals surface area (Å²) in [5.41, 5.74) is 0. The summed E-state index contributed by atoms with van der Waals surface area (Å²) >= 11 is 0. The van der Waals surface area contributed by atoms with E-state index in [4.69, 9.17) is 0 Å². The molecular formula is C6H13NO. The zero-order valence-electron chi connectivity index (χ0n) is 5.64. The fourth-order valence-corrected chi connectivity index (χ4v) is 0.300. The van der Waals surface area contributed by atoms with E-state index >= 15 is 0 Å². The monoisotopic (exact) mass is 115 g/mol. The summed E-state index contributed by atoms with van der Waals surface area (Å²) in [6.45, 7) is 6.13. The standard InChI is InChI=1S/C6H13NO/c1-5(2)6(3)7-4-8/h4-6H,1-3H3,(H,7,8)/t6-/m1/s1. The van der Waals surface area contributed by atoms with E-state index in [-0.39, 0.29) is 0 Å². The van der Waals surface area contributed by atoms with Gasteiger partial charge in [-0.2, -0.15) is 0 Å². The normalized spacial score (nSPS) is 13.5. The van der Waals surface area contributed by atoms with Gasteiger partial charge in [-0.15, -0.1) is 0 Å². The number of hydrogen-bond acceptors (Lipinski definition) is 1. The summed E-state index contributed by atoms with van der Waals surface area (Å²) in [4.78, 5) is 9.81. The second-order valence-electron chi connectivity index (χ2n) is 2.32. The number of rotatable bonds is 3. The molecule has 0 rings (SSSR count). The molecule has 0 saturated heterocycles. The summed E-state index contributed by atoms with van der Waals surface area (Å²) in [7, 11) is 0. The average molecular weight is 115 g/mol. The molecule has 0 aromatic carbocycles. The van der Waals surface area contributed by atoms with Crippen molar-refractivity contribution in [2.75, 3.05) is 0 Å². The summed E-state index contributed by atoms with van der Waals surface area (Å²) in [5.74, 6) is 0.528. The molecule has 0 aromatic heterocycles. The van der Waals surface area contributed by atoms with Gasteiger partial charge in [-0.3, -0.25) is 4.79 Å². The fraction of sp³-hybridized carbons (Fsp3) is 0.833. The molecule has 0 aliphatic rings. The Morgan fingerprint density at radius 3 is 2.00 bits per heavy atom. The molecular weight excluding hydrogens is 102 g/mol. The van der Waals surface area contributed by atoms with Gasteiger partial charge < -0.3 is 5.32 Å². The molecule has 1 atom stereocenters. The predicted molar refractivity (Wildman–Crippen MR) is 33.5 cm³/mol. The summed E-state index contributed by atoms with van der Waals surface area (Å²) in [6, 6.07) is 0.299. The third kappa shape index (κ3) is 2.61. The molecule has 1 amide bonds. The van der Waals surface area contributed by atoms with Crippen LogP contribution >= 0.6 is 0 Å². The van der Waals surface area contributed by atoms with Crippen LogP contribution in [0.3, 0.4) is 0 Å². The molecule has 0 bridgehead atoms. The van der Waals surface area contributed by atoms with Crippen LogP contribution in [0, 0.1) is 5.92 Å². The summed E-state index contributed by atoms with van der Waals surface area (Å²) < 4.78 is 0. The fourth-order valence-electron chi connectivity index (χ4n) is 0.300. The van der Waals surface area contributed by atoms with Crippen LogP contribution in [0.2, 0.25) is 0 Å². The quantitative estimate of drug-likeness (QED) is 0.541. The van der Waals surface area contributed by atoms with Gasteiger partial charge in [0.05, 0.1) is 0 Å². The third-order valence-corrected chi connectivity index (χ3v) is 1.33. The topological polar surface area (TPSA) is 29.1 Å². The lowest BCUT2D eigenvalue weighted by molar-refractivity contribution is -0.110. The lowest BCUT2D eigenvalue weighted by Crippen LogP contribution is -2.29. The first kappa shape index (κ1) is 7.47. The Morgan fingerprint density at radius 1 is 1.38 bits per heavy atom. The first-order valence-corrected chi connectivity index (χ1v) is 2.88. The molecule has 0 aliphatic heterocycles. The van der Waals surface area contributed by atoms with Crippen molar-refractivity contribution in [1.29, 1.82) is 0 Å². The average Bonchev–Trinajstić information content (AvgIpc) is 1.67. The minimum atomic E-state index is 0.299. The lowest BCUT2D eigenvalue weighted by Gasteiger charge is -2.12. The summed E-state index contributed by atoms with van der Waals surface area (Å²) in [6.07, 6.45) is 0.741. The van der Waals surface area contributed by atoms with Gasteiger partial charge in [0.1, 0.15) is 0 Å². The number of carbonyl (C=O) groups excluding carboxylic acids is 1. The van der Waals surface area contributed by atoms with E-state index in [0.29, 0.717) is 12.0 Å². The van der Waals surface area contributed by atoms with Crippen molar-refractivity contribution in [3.8, 4) is 0 Å². The predicted octanol–water partition coefficient (Wildman–Crippen LogP) is 0.777. The molecule has 1 N–H and O–H groups in total. The van der Waals surface area contributed by atoms with E-state index < -0.39 is 0 Å². The SMILES string of the molecule is CC(C)[C@@H](C)NC=O. The van der Waals surface area contributed by atoms with Crippen LogP contribution in [0.1, 0.15) is 20.8 Å². The minimum Gasteiger partial charge on any atom is -0.356 e. The smallest absolute Gasteiger partial charge is 0.207 e. The van der Waals surface area contributed by atoms with Gasteiger partial charge in [0, 0.05) is 6.04 Å². The van der Waals surface area contributed by atoms with Gasteiger partial charge in [0.15, 0.2) is 0 Å². The first-order chi connectivity index (χ1) is 3.68. The molecule has 0 aliphatic carbocycles. The van der Waals surface area contributed by atoms with Crippen LogP contribution in [0.4, 0.5) is 0 Å². The van der Waals surface area contributed by atoms with Gasteiger partial charge in [0.25, 0.3) is 0 Å². The highest BCUT2D eigenvalue weighted by atomic mass is 16.1. The molecule has 48 valence electrons. The maximum atomic E-state index is 9.81. The molecule has 0 heterocycles. The maximum Gasteiger partial charge on any atom is 0.207 e. The molecule has 2 nitrogen and oxygen atoms in total. The number of carbonyl (C=O) groups is 1. The Bertz CT molecular complexity index is 70.9. The molecule has 0 fully saturated rings. The van der Waals surface area contributed by atoms with Crippen LogP contribution in [0.5, 0.6) is 0 Å². The highest BCUT2D eigenvalue weighted by Crippen LogP contribution is 1.97. The van der Waals surface area contributed by atoms with Crippen LogP contribution in [0.25, 0.3) is 0 Å². The molecule has 0 spiro atoms. The number of amides is 1. The molecule has 0 aromatic rings. The van der Waals surface area contributed by atoms with Gasteiger partial charge >= 0.3 is 0 Å². The number of hydrogen-bond donors (Lipinski definition) is 1. The number of nitrogens with one attached hydrogen (secondary N) is 1. The van der Waals surface area contributed by atoms with Crippen molar-refractivity contribution in [3.05, 3.63) is 0 Å². The van der Waals surface area contributed by atoms with Crippen molar-refractivity contribution >= 4 is 6.41 Å². The molecule has 2 heteroatoms. The highest BCUT2D eigenvalue weighted by Gasteiger charge is 2.02. The summed E-state index contributed by atoms with van der Waals surface area (Å²) in [5, 5.41) is 2.66. The Kier molecular flexibility index (Phi) is 3.24. The van der Waals surface area contributed by atoms with Crippen LogP contribution in [-0.4, -0.2) is 12.5 Å². The molecule has 8 heavy (non-hydrogen) atoms. The third-order valence-electron chi connectivity index (χ3n) is 1.33. The Morgan fingerprint density at radius 2 is 1.88 bits per heavy atom. The van der Waals surface area contributed by atoms with Crippen molar-refractivity contribution < 1.29 is 4.79 Å². The van der Waals surface area contributed by atoms with Gasteiger partial charge in [-0.1, -0.05) is 13.8 Å². The molecule has 0 saturated carbocycles. The van der Waals surface area contributed by atoms with Gasteiger partial charge in [-0.25, -0.2) is 0 Å². The van der Waals surface area contributed by atoms with E-state index in [0.717, 1.165) is 6.41 Å². The minimum absolute atomic E-state index is 0.299. The van der Waals surface area contributed by atoms with Gasteiger partial charge in [-0.05, 0) is 12.8 Å². The van der Waals surface area contributed by atoms with Crippen LogP contribution in [0.15, 0.2) is 0 Å². The van der Waals surface area contributed by atoms with E-state index in [1.54, 1.807) is 0 Å². The zero-order valence-corrected chi connectivity index (χ0v) is 5.64. The largest absolute Gasteiger partial charge is 0.356 e. The zero-order chi connectivity index (χ0) is 6.57. The lowest BCUT2D eigenvalue weighted by atomic mass is 10.1. The second kappa shape index (κ2) is 3.47.